The van der Waals surface area contributed by atoms with E-state index in [1.54, 1.807) is 24.3 Å². The van der Waals surface area contributed by atoms with Crippen molar-refractivity contribution in [3.05, 3.63) is 137 Å². The van der Waals surface area contributed by atoms with Crippen LogP contribution in [0, 0.1) is 0 Å². The van der Waals surface area contributed by atoms with Crippen molar-refractivity contribution in [1.82, 2.24) is 0 Å². The third kappa shape index (κ3) is 8.73. The normalized spacial score (nSPS) is 11.5. The second kappa shape index (κ2) is 14.7. The van der Waals surface area contributed by atoms with Gasteiger partial charge in [-0.2, -0.15) is 0 Å². The van der Waals surface area contributed by atoms with Crippen LogP contribution >= 0.6 is 0 Å². The van der Waals surface area contributed by atoms with Gasteiger partial charge in [-0.05, 0) is 58.2 Å². The number of aliphatic carboxylic acids is 1. The van der Waals surface area contributed by atoms with Crippen molar-refractivity contribution in [1.29, 1.82) is 0 Å². The van der Waals surface area contributed by atoms with E-state index in [0.717, 1.165) is 22.3 Å². The number of nitrogens with zero attached hydrogens (tertiary/aromatic N) is 2. The lowest BCUT2D eigenvalue weighted by molar-refractivity contribution is -0.135. The maximum atomic E-state index is 11.4. The summed E-state index contributed by atoms with van der Waals surface area (Å²) in [6, 6.07) is 34.1. The molecular weight excluding hydrogens is 508 g/mol. The average molecular weight is 539 g/mol. The van der Waals surface area contributed by atoms with Crippen molar-refractivity contribution in [2.24, 2.45) is 10.3 Å². The van der Waals surface area contributed by atoms with Crippen LogP contribution in [0.2, 0.25) is 0 Å². The maximum absolute atomic E-state index is 11.4. The maximum Gasteiger partial charge on any atom is 0.309 e. The highest BCUT2D eigenvalue weighted by Gasteiger charge is 2.11. The van der Waals surface area contributed by atoms with Crippen molar-refractivity contribution in [3.63, 3.8) is 0 Å². The van der Waals surface area contributed by atoms with Crippen molar-refractivity contribution in [2.45, 2.75) is 26.2 Å². The highest BCUT2D eigenvalue weighted by Crippen LogP contribution is 2.17. The molecule has 8 heteroatoms. The van der Waals surface area contributed by atoms with Crippen molar-refractivity contribution < 1.29 is 29.0 Å². The van der Waals surface area contributed by atoms with Gasteiger partial charge in [-0.3, -0.25) is 4.79 Å². The molecule has 0 fully saturated rings. The number of benzene rings is 4. The van der Waals surface area contributed by atoms with Crippen molar-refractivity contribution in [3.8, 4) is 5.75 Å². The number of hydrogen-bond acceptors (Lipinski definition) is 7. The fraction of sp³-hybridized carbons (Fsp3) is 0.156. The van der Waals surface area contributed by atoms with Crippen LogP contribution in [0.5, 0.6) is 5.75 Å². The summed E-state index contributed by atoms with van der Waals surface area (Å²) in [5.41, 5.74) is 4.73. The Morgan fingerprint density at radius 2 is 1.27 bits per heavy atom. The van der Waals surface area contributed by atoms with E-state index in [9.17, 15) is 9.90 Å². The van der Waals surface area contributed by atoms with Gasteiger partial charge >= 0.3 is 5.97 Å². The van der Waals surface area contributed by atoms with E-state index in [1.165, 1.54) is 7.11 Å². The molecule has 0 amide bonds. The van der Waals surface area contributed by atoms with Crippen LogP contribution in [0.15, 0.2) is 120 Å². The van der Waals surface area contributed by atoms with Gasteiger partial charge in [-0.25, -0.2) is 0 Å². The molecular formula is C32H30N2O6. The SMILES string of the molecule is CO/N=C(\OCc1ccc(COc2ccc(/C(CC(=O)O)=N\OCc3ccccc3)cc2)cc1)c1ccccc1. The van der Waals surface area contributed by atoms with Gasteiger partial charge < -0.3 is 24.3 Å². The molecule has 0 aromatic heterocycles. The second-order valence-corrected chi connectivity index (χ2v) is 8.73. The first-order valence-electron chi connectivity index (χ1n) is 12.7. The molecule has 0 saturated carbocycles. The smallest absolute Gasteiger partial charge is 0.309 e. The predicted octanol–water partition coefficient (Wildman–Crippen LogP) is 6.19. The van der Waals surface area contributed by atoms with Gasteiger partial charge in [0.2, 0.25) is 0 Å². The standard InChI is InChI=1S/C32H30N2O6/c1-37-34-32(28-10-6-3-7-11-28)39-22-26-14-12-25(13-15-26)21-38-29-18-16-27(17-19-29)30(20-31(35)36)33-40-23-24-8-4-2-5-9-24/h2-19H,20-23H2,1H3,(H,35,36)/b33-30-,34-32-. The fourth-order valence-electron chi connectivity index (χ4n) is 3.71. The average Bonchev–Trinajstić information content (AvgIpc) is 2.99. The topological polar surface area (TPSA) is 98.9 Å². The van der Waals surface area contributed by atoms with Crippen LogP contribution in [0.1, 0.15) is 34.2 Å². The van der Waals surface area contributed by atoms with E-state index in [2.05, 4.69) is 10.3 Å². The van der Waals surface area contributed by atoms with E-state index in [0.29, 0.717) is 36.1 Å². The number of rotatable bonds is 13. The quantitative estimate of drug-likeness (QED) is 0.124. The van der Waals surface area contributed by atoms with Gasteiger partial charge in [0.1, 0.15) is 32.7 Å². The molecule has 0 spiro atoms. The summed E-state index contributed by atoms with van der Waals surface area (Å²) in [5, 5.41) is 17.4. The minimum absolute atomic E-state index is 0.255. The largest absolute Gasteiger partial charge is 0.489 e. The van der Waals surface area contributed by atoms with Gasteiger partial charge in [0.05, 0.1) is 12.1 Å². The predicted molar refractivity (Wildman–Crippen MR) is 152 cm³/mol. The van der Waals surface area contributed by atoms with Crippen LogP contribution in [0.3, 0.4) is 0 Å². The zero-order valence-electron chi connectivity index (χ0n) is 22.1. The van der Waals surface area contributed by atoms with E-state index in [-0.39, 0.29) is 13.0 Å². The number of carboxylic acid groups (broad SMARTS) is 1. The summed E-state index contributed by atoms with van der Waals surface area (Å²) in [7, 11) is 1.48. The van der Waals surface area contributed by atoms with Gasteiger partial charge in [-0.15, -0.1) is 0 Å². The summed E-state index contributed by atoms with van der Waals surface area (Å²) in [6.07, 6.45) is -0.255. The van der Waals surface area contributed by atoms with Gasteiger partial charge in [0.25, 0.3) is 5.90 Å². The molecule has 0 aliphatic carbocycles. The first-order valence-corrected chi connectivity index (χ1v) is 12.7. The molecule has 40 heavy (non-hydrogen) atoms. The molecule has 0 heterocycles. The number of carbonyl (C=O) groups is 1. The van der Waals surface area contributed by atoms with E-state index in [4.69, 9.17) is 19.1 Å². The molecule has 0 saturated heterocycles. The lowest BCUT2D eigenvalue weighted by Gasteiger charge is -2.10. The first kappa shape index (κ1) is 27.9. The van der Waals surface area contributed by atoms with Crippen molar-refractivity contribution >= 4 is 17.6 Å². The monoisotopic (exact) mass is 538 g/mol. The molecule has 0 aliphatic heterocycles. The Hall–Kier alpha value is -5.11. The van der Waals surface area contributed by atoms with Crippen molar-refractivity contribution in [2.75, 3.05) is 7.11 Å². The molecule has 1 N–H and O–H groups in total. The molecule has 4 aromatic carbocycles. The number of oxime groups is 2. The van der Waals surface area contributed by atoms with E-state index in [1.807, 2.05) is 84.9 Å². The Labute approximate surface area is 233 Å². The van der Waals surface area contributed by atoms with Gasteiger partial charge in [-0.1, -0.05) is 78.0 Å². The minimum atomic E-state index is -0.987. The summed E-state index contributed by atoms with van der Waals surface area (Å²) in [4.78, 5) is 21.7. The molecule has 8 nitrogen and oxygen atoms in total. The summed E-state index contributed by atoms with van der Waals surface area (Å²) in [6.45, 7) is 0.969. The Balaban J connectivity index is 1.30. The highest BCUT2D eigenvalue weighted by molar-refractivity contribution is 6.08. The Morgan fingerprint density at radius 3 is 1.90 bits per heavy atom. The lowest BCUT2D eigenvalue weighted by Crippen LogP contribution is -2.09. The number of carboxylic acids is 1. The number of hydrogen-bond donors (Lipinski definition) is 1. The third-order valence-corrected chi connectivity index (χ3v) is 5.75. The Kier molecular flexibility index (Phi) is 10.3. The minimum Gasteiger partial charge on any atom is -0.489 e. The van der Waals surface area contributed by atoms with Crippen LogP contribution in [-0.4, -0.2) is 29.8 Å². The van der Waals surface area contributed by atoms with Gasteiger partial charge in [0, 0.05) is 11.1 Å². The van der Waals surface area contributed by atoms with E-state index < -0.39 is 5.97 Å². The zero-order chi connectivity index (χ0) is 28.0. The summed E-state index contributed by atoms with van der Waals surface area (Å²) in [5.74, 6) is 0.0797. The molecule has 4 aromatic rings. The third-order valence-electron chi connectivity index (χ3n) is 5.75. The van der Waals surface area contributed by atoms with Gasteiger partial charge in [0.15, 0.2) is 0 Å². The molecule has 204 valence electrons. The Bertz CT molecular complexity index is 1400. The number of ether oxygens (including phenoxy) is 2. The fourth-order valence-corrected chi connectivity index (χ4v) is 3.71. The van der Waals surface area contributed by atoms with Crippen LogP contribution in [-0.2, 0) is 39.0 Å². The molecule has 0 atom stereocenters. The molecule has 0 aliphatic rings. The molecule has 0 radical (unpaired) electrons. The first-order chi connectivity index (χ1) is 19.6. The van der Waals surface area contributed by atoms with Crippen LogP contribution in [0.25, 0.3) is 0 Å². The molecule has 0 unspecified atom stereocenters. The molecule has 4 rings (SSSR count). The second-order valence-electron chi connectivity index (χ2n) is 8.73. The lowest BCUT2D eigenvalue weighted by atomic mass is 10.1. The highest BCUT2D eigenvalue weighted by atomic mass is 16.6. The van der Waals surface area contributed by atoms with E-state index >= 15 is 0 Å². The zero-order valence-corrected chi connectivity index (χ0v) is 22.1. The van der Waals surface area contributed by atoms with Crippen LogP contribution in [0.4, 0.5) is 0 Å². The summed E-state index contributed by atoms with van der Waals surface area (Å²) < 4.78 is 11.8. The summed E-state index contributed by atoms with van der Waals surface area (Å²) >= 11 is 0. The van der Waals surface area contributed by atoms with Crippen LogP contribution < -0.4 is 4.74 Å². The molecule has 0 bridgehead atoms. The Morgan fingerprint density at radius 1 is 0.675 bits per heavy atom.